The zero-order valence-electron chi connectivity index (χ0n) is 13.1. The SMILES string of the molecule is C=C(C)C(=O)OC1C2CC3C(O2)C1N(C1CCCCC1)C3O. The van der Waals surface area contributed by atoms with Gasteiger partial charge in [-0.1, -0.05) is 25.8 Å². The van der Waals surface area contributed by atoms with Crippen molar-refractivity contribution in [2.75, 3.05) is 0 Å². The fourth-order valence-electron chi connectivity index (χ4n) is 4.95. The molecule has 0 aromatic carbocycles. The molecular weight excluding hydrogens is 282 g/mol. The van der Waals surface area contributed by atoms with Crippen molar-refractivity contribution in [2.24, 2.45) is 5.92 Å². The first kappa shape index (κ1) is 14.7. The lowest BCUT2D eigenvalue weighted by Crippen LogP contribution is -2.51. The number of fused-ring (bicyclic) bond motifs is 1. The van der Waals surface area contributed by atoms with E-state index < -0.39 is 6.23 Å². The van der Waals surface area contributed by atoms with Gasteiger partial charge < -0.3 is 14.6 Å². The maximum atomic E-state index is 12.0. The lowest BCUT2D eigenvalue weighted by Gasteiger charge is -2.38. The second kappa shape index (κ2) is 5.32. The van der Waals surface area contributed by atoms with Crippen LogP contribution >= 0.6 is 0 Å². The van der Waals surface area contributed by atoms with E-state index in [2.05, 4.69) is 11.5 Å². The van der Waals surface area contributed by atoms with E-state index in [1.165, 1.54) is 19.3 Å². The first-order valence-electron chi connectivity index (χ1n) is 8.55. The largest absolute Gasteiger partial charge is 0.454 e. The molecule has 4 fully saturated rings. The Morgan fingerprint density at radius 3 is 2.73 bits per heavy atom. The minimum Gasteiger partial charge on any atom is -0.454 e. The number of carbonyl (C=O) groups is 1. The molecule has 6 unspecified atom stereocenters. The molecule has 0 amide bonds. The van der Waals surface area contributed by atoms with Crippen LogP contribution in [-0.4, -0.2) is 52.6 Å². The molecule has 0 spiro atoms. The summed E-state index contributed by atoms with van der Waals surface area (Å²) in [5.74, 6) is -0.167. The molecule has 3 aliphatic heterocycles. The number of nitrogens with zero attached hydrogens (tertiary/aromatic N) is 1. The molecule has 4 rings (SSSR count). The molecule has 1 saturated carbocycles. The minimum atomic E-state index is -0.448. The third-order valence-corrected chi connectivity index (χ3v) is 5.92. The molecule has 3 heterocycles. The van der Waals surface area contributed by atoms with Crippen molar-refractivity contribution in [1.82, 2.24) is 4.90 Å². The summed E-state index contributed by atoms with van der Waals surface area (Å²) in [4.78, 5) is 14.2. The predicted molar refractivity (Wildman–Crippen MR) is 80.0 cm³/mol. The quantitative estimate of drug-likeness (QED) is 0.634. The van der Waals surface area contributed by atoms with Crippen molar-refractivity contribution in [1.29, 1.82) is 0 Å². The fourth-order valence-corrected chi connectivity index (χ4v) is 4.95. The van der Waals surface area contributed by atoms with Gasteiger partial charge in [0.05, 0.1) is 18.2 Å². The van der Waals surface area contributed by atoms with Crippen LogP contribution < -0.4 is 0 Å². The van der Waals surface area contributed by atoms with Crippen LogP contribution in [0.3, 0.4) is 0 Å². The van der Waals surface area contributed by atoms with Gasteiger partial charge in [-0.2, -0.15) is 0 Å². The van der Waals surface area contributed by atoms with Gasteiger partial charge in [-0.25, -0.2) is 4.79 Å². The van der Waals surface area contributed by atoms with E-state index in [1.54, 1.807) is 6.92 Å². The van der Waals surface area contributed by atoms with Gasteiger partial charge in [0.25, 0.3) is 0 Å². The summed E-state index contributed by atoms with van der Waals surface area (Å²) < 4.78 is 11.7. The zero-order chi connectivity index (χ0) is 15.4. The number of hydrogen-bond acceptors (Lipinski definition) is 5. The number of hydrogen-bond donors (Lipinski definition) is 1. The highest BCUT2D eigenvalue weighted by Crippen LogP contribution is 2.52. The second-order valence-electron chi connectivity index (χ2n) is 7.33. The van der Waals surface area contributed by atoms with E-state index in [4.69, 9.17) is 9.47 Å². The van der Waals surface area contributed by atoms with Crippen molar-refractivity contribution < 1.29 is 19.4 Å². The smallest absolute Gasteiger partial charge is 0.333 e. The molecule has 22 heavy (non-hydrogen) atoms. The van der Waals surface area contributed by atoms with E-state index in [0.29, 0.717) is 11.6 Å². The number of ether oxygens (including phenoxy) is 2. The summed E-state index contributed by atoms with van der Waals surface area (Å²) in [7, 11) is 0. The Kier molecular flexibility index (Phi) is 3.55. The summed E-state index contributed by atoms with van der Waals surface area (Å²) >= 11 is 0. The number of aliphatic hydroxyl groups is 1. The van der Waals surface area contributed by atoms with Crippen LogP contribution in [0.15, 0.2) is 12.2 Å². The second-order valence-corrected chi connectivity index (χ2v) is 7.33. The first-order chi connectivity index (χ1) is 10.6. The van der Waals surface area contributed by atoms with Crippen LogP contribution in [-0.2, 0) is 14.3 Å². The highest BCUT2D eigenvalue weighted by atomic mass is 16.6. The van der Waals surface area contributed by atoms with Crippen molar-refractivity contribution in [3.05, 3.63) is 12.2 Å². The van der Waals surface area contributed by atoms with Crippen molar-refractivity contribution in [2.45, 2.75) is 82.1 Å². The lowest BCUT2D eigenvalue weighted by atomic mass is 9.87. The van der Waals surface area contributed by atoms with Crippen LogP contribution in [0.2, 0.25) is 0 Å². The molecule has 122 valence electrons. The summed E-state index contributed by atoms with van der Waals surface area (Å²) in [5.41, 5.74) is 0.419. The van der Waals surface area contributed by atoms with Gasteiger partial charge in [-0.05, 0) is 26.2 Å². The molecule has 0 aromatic rings. The number of likely N-dealkylation sites (tertiary alicyclic amines) is 1. The molecule has 1 aliphatic carbocycles. The van der Waals surface area contributed by atoms with Gasteiger partial charge in [0.15, 0.2) is 0 Å². The Morgan fingerprint density at radius 2 is 2.05 bits per heavy atom. The van der Waals surface area contributed by atoms with E-state index >= 15 is 0 Å². The fraction of sp³-hybridized carbons (Fsp3) is 0.824. The standard InChI is InChI=1S/C17H25NO4/c1-9(2)17(20)22-15-12-8-11-14(21-12)13(15)18(16(11)19)10-6-4-3-5-7-10/h10-16,19H,1,3-8H2,2H3. The zero-order valence-corrected chi connectivity index (χ0v) is 13.1. The molecule has 4 aliphatic rings. The first-order valence-corrected chi connectivity index (χ1v) is 8.55. The summed E-state index contributed by atoms with van der Waals surface area (Å²) in [6.07, 6.45) is 6.01. The lowest BCUT2D eigenvalue weighted by molar-refractivity contribution is -0.150. The molecule has 0 aromatic heterocycles. The number of aliphatic hydroxyl groups excluding tert-OH is 1. The molecule has 5 nitrogen and oxygen atoms in total. The van der Waals surface area contributed by atoms with E-state index in [9.17, 15) is 9.90 Å². The van der Waals surface area contributed by atoms with Crippen LogP contribution in [0.1, 0.15) is 45.4 Å². The van der Waals surface area contributed by atoms with Gasteiger partial charge in [0.2, 0.25) is 0 Å². The van der Waals surface area contributed by atoms with Gasteiger partial charge in [0, 0.05) is 17.5 Å². The molecule has 5 heteroatoms. The monoisotopic (exact) mass is 307 g/mol. The summed E-state index contributed by atoms with van der Waals surface area (Å²) in [6, 6.07) is 0.415. The Hall–Kier alpha value is -0.910. The van der Waals surface area contributed by atoms with Crippen LogP contribution in [0.5, 0.6) is 0 Å². The Morgan fingerprint density at radius 1 is 1.32 bits per heavy atom. The van der Waals surface area contributed by atoms with Crippen molar-refractivity contribution in [3.8, 4) is 0 Å². The van der Waals surface area contributed by atoms with Crippen molar-refractivity contribution in [3.63, 3.8) is 0 Å². The average molecular weight is 307 g/mol. The van der Waals surface area contributed by atoms with Crippen LogP contribution in [0.25, 0.3) is 0 Å². The maximum absolute atomic E-state index is 12.0. The van der Waals surface area contributed by atoms with E-state index in [0.717, 1.165) is 19.3 Å². The molecule has 1 N–H and O–H groups in total. The highest BCUT2D eigenvalue weighted by Gasteiger charge is 2.66. The minimum absolute atomic E-state index is 0.0184. The van der Waals surface area contributed by atoms with E-state index in [1.807, 2.05) is 0 Å². The number of esters is 1. The van der Waals surface area contributed by atoms with Gasteiger partial charge in [0.1, 0.15) is 12.3 Å². The number of carbonyl (C=O) groups excluding carboxylic acids is 1. The van der Waals surface area contributed by atoms with Crippen LogP contribution in [0.4, 0.5) is 0 Å². The maximum Gasteiger partial charge on any atom is 0.333 e. The van der Waals surface area contributed by atoms with Gasteiger partial charge >= 0.3 is 5.97 Å². The molecule has 2 bridgehead atoms. The van der Waals surface area contributed by atoms with E-state index in [-0.39, 0.29) is 36.2 Å². The van der Waals surface area contributed by atoms with Crippen molar-refractivity contribution >= 4 is 5.97 Å². The average Bonchev–Trinajstić information content (AvgIpc) is 3.12. The Bertz CT molecular complexity index is 487. The van der Waals surface area contributed by atoms with Crippen LogP contribution in [0, 0.1) is 5.92 Å². The Balaban J connectivity index is 1.58. The van der Waals surface area contributed by atoms with Gasteiger partial charge in [-0.15, -0.1) is 0 Å². The molecule has 3 saturated heterocycles. The normalized spacial score (nSPS) is 44.5. The third-order valence-electron chi connectivity index (χ3n) is 5.92. The highest BCUT2D eigenvalue weighted by molar-refractivity contribution is 5.87. The molecule has 6 atom stereocenters. The Labute approximate surface area is 131 Å². The molecule has 0 radical (unpaired) electrons. The summed E-state index contributed by atoms with van der Waals surface area (Å²) in [5, 5.41) is 10.8. The van der Waals surface area contributed by atoms with Gasteiger partial charge in [-0.3, -0.25) is 4.90 Å². The number of rotatable bonds is 3. The summed E-state index contributed by atoms with van der Waals surface area (Å²) in [6.45, 7) is 5.33. The molecular formula is C17H25NO4. The third kappa shape index (κ3) is 2.06. The predicted octanol–water partition coefficient (Wildman–Crippen LogP) is 1.60. The topological polar surface area (TPSA) is 59.0 Å².